The monoisotopic (exact) mass is 256 g/mol. The topological polar surface area (TPSA) is 128 Å². The minimum Gasteiger partial charge on any atom is -0.478 e. The van der Waals surface area contributed by atoms with Gasteiger partial charge in [0.05, 0.1) is 5.56 Å². The molecule has 0 amide bonds. The first-order valence-electron chi connectivity index (χ1n) is 5.14. The fourth-order valence-electron chi connectivity index (χ4n) is 1.29. The second kappa shape index (κ2) is 5.42. The van der Waals surface area contributed by atoms with Crippen LogP contribution in [-0.2, 0) is 0 Å². The van der Waals surface area contributed by atoms with Gasteiger partial charge in [-0.1, -0.05) is 0 Å². The molecule has 2 rings (SSSR count). The number of carboxylic acid groups (broad SMARTS) is 1. The number of anilines is 1. The lowest BCUT2D eigenvalue weighted by Gasteiger charge is -2.01. The molecular weight excluding hydrogens is 248 g/mol. The molecule has 0 fully saturated rings. The zero-order valence-electron chi connectivity index (χ0n) is 9.53. The highest BCUT2D eigenvalue weighted by Gasteiger charge is 2.05. The first kappa shape index (κ1) is 12.3. The Morgan fingerprint density at radius 1 is 1.42 bits per heavy atom. The van der Waals surface area contributed by atoms with Gasteiger partial charge in [-0.25, -0.2) is 4.79 Å². The SMILES string of the molecule is N#CC(=CNc1ccc(C(=O)O)cc1)c1nn[nH]n1. The number of aromatic nitrogens is 4. The largest absolute Gasteiger partial charge is 0.478 e. The van der Waals surface area contributed by atoms with E-state index in [1.54, 1.807) is 12.1 Å². The minimum absolute atomic E-state index is 0.178. The molecule has 0 aliphatic carbocycles. The third-order valence-corrected chi connectivity index (χ3v) is 2.22. The number of aromatic carboxylic acids is 1. The molecule has 1 heterocycles. The standard InChI is InChI=1S/C11H8N6O2/c12-5-8(10-14-16-17-15-10)6-13-9-3-1-7(2-4-9)11(18)19/h1-4,6,13H,(H,18,19)(H,14,15,16,17). The second-order valence-corrected chi connectivity index (χ2v) is 3.43. The summed E-state index contributed by atoms with van der Waals surface area (Å²) in [7, 11) is 0. The maximum absolute atomic E-state index is 10.7. The predicted molar refractivity (Wildman–Crippen MR) is 64.8 cm³/mol. The van der Waals surface area contributed by atoms with Crippen LogP contribution in [0.1, 0.15) is 16.2 Å². The Morgan fingerprint density at radius 3 is 2.68 bits per heavy atom. The van der Waals surface area contributed by atoms with Crippen molar-refractivity contribution in [2.24, 2.45) is 0 Å². The van der Waals surface area contributed by atoms with Gasteiger partial charge in [0.25, 0.3) is 0 Å². The van der Waals surface area contributed by atoms with Crippen LogP contribution in [0.5, 0.6) is 0 Å². The van der Waals surface area contributed by atoms with Crippen LogP contribution in [0.15, 0.2) is 30.5 Å². The Balaban J connectivity index is 2.13. The molecule has 0 aliphatic heterocycles. The molecule has 0 unspecified atom stereocenters. The predicted octanol–water partition coefficient (Wildman–Crippen LogP) is 0.874. The van der Waals surface area contributed by atoms with Gasteiger partial charge in [0.1, 0.15) is 11.6 Å². The molecule has 0 atom stereocenters. The van der Waals surface area contributed by atoms with Gasteiger partial charge in [-0.15, -0.1) is 10.2 Å². The van der Waals surface area contributed by atoms with E-state index in [1.165, 1.54) is 18.3 Å². The fourth-order valence-corrected chi connectivity index (χ4v) is 1.29. The molecule has 1 aromatic heterocycles. The summed E-state index contributed by atoms with van der Waals surface area (Å²) in [5, 5.41) is 33.5. The number of carboxylic acids is 1. The van der Waals surface area contributed by atoms with E-state index in [0.717, 1.165) is 0 Å². The molecule has 0 saturated carbocycles. The number of nitrogens with zero attached hydrogens (tertiary/aromatic N) is 4. The van der Waals surface area contributed by atoms with Crippen molar-refractivity contribution in [2.75, 3.05) is 5.32 Å². The Labute approximate surface area is 107 Å². The highest BCUT2D eigenvalue weighted by atomic mass is 16.4. The number of hydrogen-bond acceptors (Lipinski definition) is 6. The van der Waals surface area contributed by atoms with Crippen LogP contribution in [0.3, 0.4) is 0 Å². The molecule has 1 aromatic carbocycles. The first-order chi connectivity index (χ1) is 9.20. The maximum atomic E-state index is 10.7. The number of nitriles is 1. The van der Waals surface area contributed by atoms with Gasteiger partial charge in [0, 0.05) is 11.9 Å². The van der Waals surface area contributed by atoms with Crippen molar-refractivity contribution in [2.45, 2.75) is 0 Å². The number of aromatic amines is 1. The quantitative estimate of drug-likeness (QED) is 0.692. The summed E-state index contributed by atoms with van der Waals surface area (Å²) in [5.41, 5.74) is 1.03. The summed E-state index contributed by atoms with van der Waals surface area (Å²) in [6, 6.07) is 8.02. The van der Waals surface area contributed by atoms with Crippen LogP contribution in [-0.4, -0.2) is 31.7 Å². The molecule has 0 radical (unpaired) electrons. The fraction of sp³-hybridized carbons (Fsp3) is 0. The average molecular weight is 256 g/mol. The summed E-state index contributed by atoms with van der Waals surface area (Å²) in [6.45, 7) is 0. The molecule has 0 spiro atoms. The third kappa shape index (κ3) is 2.92. The van der Waals surface area contributed by atoms with Gasteiger partial charge in [-0.3, -0.25) is 0 Å². The van der Waals surface area contributed by atoms with Crippen LogP contribution in [0.2, 0.25) is 0 Å². The van der Waals surface area contributed by atoms with E-state index < -0.39 is 5.97 Å². The molecule has 94 valence electrons. The molecule has 0 saturated heterocycles. The van der Waals surface area contributed by atoms with Gasteiger partial charge in [-0.2, -0.15) is 10.5 Å². The number of H-pyrrole nitrogens is 1. The number of rotatable bonds is 4. The van der Waals surface area contributed by atoms with E-state index in [4.69, 9.17) is 10.4 Å². The smallest absolute Gasteiger partial charge is 0.335 e. The molecule has 8 heteroatoms. The summed E-state index contributed by atoms with van der Waals surface area (Å²) >= 11 is 0. The van der Waals surface area contributed by atoms with E-state index in [-0.39, 0.29) is 17.0 Å². The van der Waals surface area contributed by atoms with E-state index in [9.17, 15) is 4.79 Å². The van der Waals surface area contributed by atoms with Gasteiger partial charge < -0.3 is 10.4 Å². The summed E-state index contributed by atoms with van der Waals surface area (Å²) in [5.74, 6) is -0.816. The number of hydrogen-bond donors (Lipinski definition) is 3. The van der Waals surface area contributed by atoms with Crippen molar-refractivity contribution >= 4 is 17.2 Å². The van der Waals surface area contributed by atoms with Crippen molar-refractivity contribution in [3.63, 3.8) is 0 Å². The lowest BCUT2D eigenvalue weighted by molar-refractivity contribution is 0.0697. The Morgan fingerprint density at radius 2 is 2.16 bits per heavy atom. The van der Waals surface area contributed by atoms with E-state index in [0.29, 0.717) is 5.69 Å². The van der Waals surface area contributed by atoms with E-state index in [2.05, 4.69) is 25.9 Å². The second-order valence-electron chi connectivity index (χ2n) is 3.43. The third-order valence-electron chi connectivity index (χ3n) is 2.22. The normalized spacial score (nSPS) is 10.8. The summed E-state index contributed by atoms with van der Waals surface area (Å²) in [4.78, 5) is 10.7. The summed E-state index contributed by atoms with van der Waals surface area (Å²) < 4.78 is 0. The molecular formula is C11H8N6O2. The highest BCUT2D eigenvalue weighted by molar-refractivity contribution is 5.88. The molecule has 19 heavy (non-hydrogen) atoms. The molecule has 2 aromatic rings. The van der Waals surface area contributed by atoms with Crippen molar-refractivity contribution in [1.82, 2.24) is 20.6 Å². The first-order valence-corrected chi connectivity index (χ1v) is 5.14. The molecule has 3 N–H and O–H groups in total. The minimum atomic E-state index is -0.994. The Hall–Kier alpha value is -3.21. The van der Waals surface area contributed by atoms with Crippen molar-refractivity contribution < 1.29 is 9.90 Å². The zero-order valence-corrected chi connectivity index (χ0v) is 9.53. The van der Waals surface area contributed by atoms with E-state index >= 15 is 0 Å². The number of tetrazole rings is 1. The van der Waals surface area contributed by atoms with Crippen molar-refractivity contribution in [1.29, 1.82) is 5.26 Å². The number of nitrogens with one attached hydrogen (secondary N) is 2. The van der Waals surface area contributed by atoms with E-state index in [1.807, 2.05) is 6.07 Å². The van der Waals surface area contributed by atoms with Crippen LogP contribution in [0.4, 0.5) is 5.69 Å². The van der Waals surface area contributed by atoms with Gasteiger partial charge in [-0.05, 0) is 29.5 Å². The van der Waals surface area contributed by atoms with Crippen LogP contribution in [0.25, 0.3) is 5.57 Å². The van der Waals surface area contributed by atoms with Gasteiger partial charge >= 0.3 is 5.97 Å². The van der Waals surface area contributed by atoms with Crippen molar-refractivity contribution in [3.05, 3.63) is 41.9 Å². The zero-order chi connectivity index (χ0) is 13.7. The van der Waals surface area contributed by atoms with Gasteiger partial charge in [0.15, 0.2) is 0 Å². The Bertz CT molecular complexity index is 639. The highest BCUT2D eigenvalue weighted by Crippen LogP contribution is 2.12. The average Bonchev–Trinajstić information content (AvgIpc) is 2.94. The number of carbonyl (C=O) groups is 1. The molecule has 0 aliphatic rings. The molecule has 8 nitrogen and oxygen atoms in total. The Kier molecular flexibility index (Phi) is 3.49. The van der Waals surface area contributed by atoms with Crippen LogP contribution >= 0.6 is 0 Å². The lowest BCUT2D eigenvalue weighted by Crippen LogP contribution is -1.97. The lowest BCUT2D eigenvalue weighted by atomic mass is 10.2. The number of allylic oxidation sites excluding steroid dienone is 1. The number of benzene rings is 1. The molecule has 0 bridgehead atoms. The van der Waals surface area contributed by atoms with Crippen LogP contribution in [0, 0.1) is 11.3 Å². The van der Waals surface area contributed by atoms with Crippen LogP contribution < -0.4 is 5.32 Å². The summed E-state index contributed by atoms with van der Waals surface area (Å²) in [6.07, 6.45) is 1.42. The van der Waals surface area contributed by atoms with Gasteiger partial charge in [0.2, 0.25) is 5.82 Å². The maximum Gasteiger partial charge on any atom is 0.335 e. The van der Waals surface area contributed by atoms with Crippen molar-refractivity contribution in [3.8, 4) is 6.07 Å².